The topological polar surface area (TPSA) is 88.6 Å². The normalized spacial score (nSPS) is 11.0. The van der Waals surface area contributed by atoms with Gasteiger partial charge in [0.2, 0.25) is 5.91 Å². The molecule has 7 nitrogen and oxygen atoms in total. The second kappa shape index (κ2) is 8.81. The summed E-state index contributed by atoms with van der Waals surface area (Å²) in [5.74, 6) is 0.446. The van der Waals surface area contributed by atoms with E-state index in [4.69, 9.17) is 4.42 Å². The van der Waals surface area contributed by atoms with E-state index in [1.807, 2.05) is 35.4 Å². The van der Waals surface area contributed by atoms with Crippen LogP contribution in [0.15, 0.2) is 52.5 Å². The maximum Gasteiger partial charge on any atom is 0.293 e. The molecular formula is C20H21N3O4S. The number of rotatable bonds is 8. The van der Waals surface area contributed by atoms with Crippen molar-refractivity contribution in [1.29, 1.82) is 0 Å². The molecule has 1 amide bonds. The Morgan fingerprint density at radius 2 is 2.04 bits per heavy atom. The second-order valence-electron chi connectivity index (χ2n) is 6.51. The third-order valence-electron chi connectivity index (χ3n) is 4.46. The summed E-state index contributed by atoms with van der Waals surface area (Å²) in [5.41, 5.74) is 1.72. The lowest BCUT2D eigenvalue weighted by Crippen LogP contribution is -2.32. The van der Waals surface area contributed by atoms with Crippen molar-refractivity contribution in [2.75, 3.05) is 11.9 Å². The molecule has 0 aliphatic rings. The molecule has 2 aromatic heterocycles. The van der Waals surface area contributed by atoms with Crippen LogP contribution < -0.4 is 5.32 Å². The first-order chi connectivity index (χ1) is 13.4. The van der Waals surface area contributed by atoms with Crippen LogP contribution in [0.5, 0.6) is 0 Å². The fourth-order valence-corrected chi connectivity index (χ4v) is 3.65. The number of nitro benzene ring substituents is 1. The standard InChI is InChI=1S/C20H21N3O4S/c1-14-7-8-18(23(25)26)20(15(14)2)21-19(24)13-22(11-16-5-3-9-27-16)12-17-6-4-10-28-17/h3-10H,11-13H2,1-2H3,(H,21,24). The zero-order valence-electron chi connectivity index (χ0n) is 15.7. The first-order valence-electron chi connectivity index (χ1n) is 8.75. The molecule has 2 heterocycles. The number of benzene rings is 1. The van der Waals surface area contributed by atoms with Gasteiger partial charge < -0.3 is 9.73 Å². The fourth-order valence-electron chi connectivity index (χ4n) is 2.91. The van der Waals surface area contributed by atoms with Crippen LogP contribution in [0.4, 0.5) is 11.4 Å². The van der Waals surface area contributed by atoms with Crippen LogP contribution >= 0.6 is 11.3 Å². The molecule has 0 atom stereocenters. The Labute approximate surface area is 166 Å². The van der Waals surface area contributed by atoms with Gasteiger partial charge in [-0.05, 0) is 48.6 Å². The summed E-state index contributed by atoms with van der Waals surface area (Å²) >= 11 is 1.61. The van der Waals surface area contributed by atoms with Gasteiger partial charge in [-0.25, -0.2) is 0 Å². The SMILES string of the molecule is Cc1ccc([N+](=O)[O-])c(NC(=O)CN(Cc2ccco2)Cc2cccs2)c1C. The third kappa shape index (κ3) is 4.85. The Kier molecular flexibility index (Phi) is 6.23. The molecule has 8 heteroatoms. The van der Waals surface area contributed by atoms with E-state index in [-0.39, 0.29) is 23.8 Å². The molecule has 1 aromatic carbocycles. The zero-order valence-corrected chi connectivity index (χ0v) is 16.5. The van der Waals surface area contributed by atoms with E-state index >= 15 is 0 Å². The third-order valence-corrected chi connectivity index (χ3v) is 5.32. The molecule has 0 aliphatic carbocycles. The molecule has 0 bridgehead atoms. The van der Waals surface area contributed by atoms with Gasteiger partial charge in [0.25, 0.3) is 5.69 Å². The van der Waals surface area contributed by atoms with Gasteiger partial charge in [-0.15, -0.1) is 11.3 Å². The number of amides is 1. The summed E-state index contributed by atoms with van der Waals surface area (Å²) in [6.07, 6.45) is 1.60. The summed E-state index contributed by atoms with van der Waals surface area (Å²) in [4.78, 5) is 26.6. The van der Waals surface area contributed by atoms with Crippen LogP contribution in [0.2, 0.25) is 0 Å². The fraction of sp³-hybridized carbons (Fsp3) is 0.250. The number of nitro groups is 1. The maximum absolute atomic E-state index is 12.7. The summed E-state index contributed by atoms with van der Waals surface area (Å²) in [6.45, 7) is 4.76. The molecule has 0 spiro atoms. The number of anilines is 1. The molecular weight excluding hydrogens is 378 g/mol. The van der Waals surface area contributed by atoms with Crippen LogP contribution in [0.1, 0.15) is 21.8 Å². The van der Waals surface area contributed by atoms with Crippen molar-refractivity contribution in [1.82, 2.24) is 4.90 Å². The molecule has 146 valence electrons. The number of carbonyl (C=O) groups is 1. The Morgan fingerprint density at radius 1 is 1.21 bits per heavy atom. The van der Waals surface area contributed by atoms with E-state index in [9.17, 15) is 14.9 Å². The molecule has 0 unspecified atom stereocenters. The van der Waals surface area contributed by atoms with Crippen LogP contribution in [-0.4, -0.2) is 22.3 Å². The highest BCUT2D eigenvalue weighted by Crippen LogP contribution is 2.30. The second-order valence-corrected chi connectivity index (χ2v) is 7.54. The highest BCUT2D eigenvalue weighted by molar-refractivity contribution is 7.09. The molecule has 0 aliphatic heterocycles. The lowest BCUT2D eigenvalue weighted by Gasteiger charge is -2.20. The average molecular weight is 399 g/mol. The van der Waals surface area contributed by atoms with Crippen molar-refractivity contribution in [2.45, 2.75) is 26.9 Å². The summed E-state index contributed by atoms with van der Waals surface area (Å²) in [6, 6.07) is 10.7. The van der Waals surface area contributed by atoms with Crippen molar-refractivity contribution in [3.8, 4) is 0 Å². The Balaban J connectivity index is 1.76. The monoisotopic (exact) mass is 399 g/mol. The molecule has 0 fully saturated rings. The highest BCUT2D eigenvalue weighted by atomic mass is 32.1. The Morgan fingerprint density at radius 3 is 2.68 bits per heavy atom. The number of hydrogen-bond donors (Lipinski definition) is 1. The van der Waals surface area contributed by atoms with Gasteiger partial charge >= 0.3 is 0 Å². The largest absolute Gasteiger partial charge is 0.468 e. The van der Waals surface area contributed by atoms with Gasteiger partial charge in [-0.3, -0.25) is 19.8 Å². The maximum atomic E-state index is 12.7. The number of aryl methyl sites for hydroxylation is 1. The van der Waals surface area contributed by atoms with Gasteiger partial charge in [0, 0.05) is 17.5 Å². The van der Waals surface area contributed by atoms with Crippen LogP contribution in [0.3, 0.4) is 0 Å². The molecule has 0 saturated heterocycles. The molecule has 1 N–H and O–H groups in total. The Hall–Kier alpha value is -2.97. The number of nitrogens with one attached hydrogen (secondary N) is 1. The van der Waals surface area contributed by atoms with Crippen LogP contribution in [0.25, 0.3) is 0 Å². The molecule has 0 radical (unpaired) electrons. The van der Waals surface area contributed by atoms with E-state index in [0.717, 1.165) is 16.2 Å². The minimum atomic E-state index is -0.478. The number of furan rings is 1. The summed E-state index contributed by atoms with van der Waals surface area (Å²) in [5, 5.41) is 16.1. The zero-order chi connectivity index (χ0) is 20.1. The number of carbonyl (C=O) groups excluding carboxylic acids is 1. The van der Waals surface area contributed by atoms with Gasteiger partial charge in [-0.1, -0.05) is 12.1 Å². The van der Waals surface area contributed by atoms with Gasteiger partial charge in [0.1, 0.15) is 11.4 Å². The summed E-state index contributed by atoms with van der Waals surface area (Å²) in [7, 11) is 0. The Bertz CT molecular complexity index is 916. The van der Waals surface area contributed by atoms with Gasteiger partial charge in [0.15, 0.2) is 0 Å². The van der Waals surface area contributed by atoms with Crippen molar-refractivity contribution >= 4 is 28.6 Å². The molecule has 28 heavy (non-hydrogen) atoms. The van der Waals surface area contributed by atoms with Crippen molar-refractivity contribution in [3.05, 3.63) is 79.9 Å². The van der Waals surface area contributed by atoms with Crippen molar-refractivity contribution in [2.24, 2.45) is 0 Å². The first-order valence-corrected chi connectivity index (χ1v) is 9.63. The average Bonchev–Trinajstić information content (AvgIpc) is 3.33. The lowest BCUT2D eigenvalue weighted by atomic mass is 10.1. The quantitative estimate of drug-likeness (QED) is 0.445. The van der Waals surface area contributed by atoms with Gasteiger partial charge in [-0.2, -0.15) is 0 Å². The van der Waals surface area contributed by atoms with E-state index in [0.29, 0.717) is 18.7 Å². The smallest absolute Gasteiger partial charge is 0.293 e. The van der Waals surface area contributed by atoms with E-state index < -0.39 is 4.92 Å². The predicted octanol–water partition coefficient (Wildman–Crippen LogP) is 4.51. The van der Waals surface area contributed by atoms with Crippen LogP contribution in [0, 0.1) is 24.0 Å². The number of nitrogens with zero attached hydrogens (tertiary/aromatic N) is 2. The first kappa shape index (κ1) is 19.8. The van der Waals surface area contributed by atoms with E-state index in [1.165, 1.54) is 6.07 Å². The molecule has 0 saturated carbocycles. The summed E-state index contributed by atoms with van der Waals surface area (Å²) < 4.78 is 5.41. The number of hydrogen-bond acceptors (Lipinski definition) is 6. The van der Waals surface area contributed by atoms with E-state index in [1.54, 1.807) is 36.7 Å². The van der Waals surface area contributed by atoms with E-state index in [2.05, 4.69) is 5.32 Å². The molecule has 3 rings (SSSR count). The lowest BCUT2D eigenvalue weighted by molar-refractivity contribution is -0.384. The van der Waals surface area contributed by atoms with Crippen LogP contribution in [-0.2, 0) is 17.9 Å². The number of thiophene rings is 1. The minimum absolute atomic E-state index is 0.0864. The van der Waals surface area contributed by atoms with Crippen molar-refractivity contribution < 1.29 is 14.1 Å². The minimum Gasteiger partial charge on any atom is -0.468 e. The van der Waals surface area contributed by atoms with Gasteiger partial charge in [0.05, 0.1) is 24.3 Å². The highest BCUT2D eigenvalue weighted by Gasteiger charge is 2.21. The molecule has 3 aromatic rings. The van der Waals surface area contributed by atoms with Crippen molar-refractivity contribution in [3.63, 3.8) is 0 Å². The predicted molar refractivity (Wildman–Crippen MR) is 108 cm³/mol.